The smallest absolute Gasteiger partial charge is 0.119 e. The Labute approximate surface area is 179 Å². The summed E-state index contributed by atoms with van der Waals surface area (Å²) in [7, 11) is 2.17. The van der Waals surface area contributed by atoms with E-state index in [0.29, 0.717) is 35.4 Å². The van der Waals surface area contributed by atoms with Gasteiger partial charge in [-0.25, -0.2) is 0 Å². The molecule has 2 aromatic carbocycles. The highest BCUT2D eigenvalue weighted by atomic mass is 79.9. The zero-order valence-corrected chi connectivity index (χ0v) is 18.9. The molecule has 0 aromatic heterocycles. The van der Waals surface area contributed by atoms with Crippen molar-refractivity contribution in [2.45, 2.75) is 28.6 Å². The molecule has 1 fully saturated rings. The predicted octanol–water partition coefficient (Wildman–Crippen LogP) is 5.23. The SMILES string of the molecule is CN1C[C@@H](Br)[C@@H](c2ccc(OCCCOCc3ccccc3)cc2)[C@@H](Br)C1. The average Bonchev–Trinajstić information content (AvgIpc) is 2.66. The van der Waals surface area contributed by atoms with Gasteiger partial charge in [-0.2, -0.15) is 0 Å². The van der Waals surface area contributed by atoms with Gasteiger partial charge < -0.3 is 14.4 Å². The van der Waals surface area contributed by atoms with Gasteiger partial charge in [-0.3, -0.25) is 0 Å². The largest absolute Gasteiger partial charge is 0.494 e. The number of benzene rings is 2. The first kappa shape index (κ1) is 20.8. The summed E-state index contributed by atoms with van der Waals surface area (Å²) >= 11 is 7.71. The second-order valence-corrected chi connectivity index (χ2v) is 9.44. The van der Waals surface area contributed by atoms with Crippen molar-refractivity contribution < 1.29 is 9.47 Å². The molecule has 0 unspecified atom stereocenters. The Balaban J connectivity index is 1.39. The van der Waals surface area contributed by atoms with Crippen LogP contribution in [0, 0.1) is 0 Å². The summed E-state index contributed by atoms with van der Waals surface area (Å²) in [6.07, 6.45) is 0.885. The van der Waals surface area contributed by atoms with E-state index in [1.54, 1.807) is 0 Å². The maximum absolute atomic E-state index is 5.86. The molecule has 5 heteroatoms. The van der Waals surface area contributed by atoms with E-state index in [-0.39, 0.29) is 0 Å². The van der Waals surface area contributed by atoms with Crippen LogP contribution in [-0.4, -0.2) is 47.9 Å². The molecule has 1 aliphatic heterocycles. The molecule has 27 heavy (non-hydrogen) atoms. The topological polar surface area (TPSA) is 21.7 Å². The van der Waals surface area contributed by atoms with Crippen LogP contribution in [0.15, 0.2) is 54.6 Å². The third kappa shape index (κ3) is 6.31. The normalized spacial score (nSPS) is 23.3. The fraction of sp³-hybridized carbons (Fsp3) is 0.455. The van der Waals surface area contributed by atoms with E-state index in [9.17, 15) is 0 Å². The van der Waals surface area contributed by atoms with Crippen LogP contribution in [0.5, 0.6) is 5.75 Å². The van der Waals surface area contributed by atoms with E-state index in [4.69, 9.17) is 9.47 Å². The Hall–Kier alpha value is -0.880. The second-order valence-electron chi connectivity index (χ2n) is 7.09. The highest BCUT2D eigenvalue weighted by molar-refractivity contribution is 9.10. The maximum Gasteiger partial charge on any atom is 0.119 e. The van der Waals surface area contributed by atoms with Gasteiger partial charge in [0, 0.05) is 35.1 Å². The number of hydrogen-bond acceptors (Lipinski definition) is 3. The molecule has 0 amide bonds. The van der Waals surface area contributed by atoms with E-state index >= 15 is 0 Å². The monoisotopic (exact) mass is 495 g/mol. The van der Waals surface area contributed by atoms with Crippen LogP contribution in [-0.2, 0) is 11.3 Å². The van der Waals surface area contributed by atoms with E-state index in [2.05, 4.69) is 80.2 Å². The number of alkyl halides is 2. The minimum Gasteiger partial charge on any atom is -0.494 e. The quantitative estimate of drug-likeness (QED) is 0.369. The van der Waals surface area contributed by atoms with Gasteiger partial charge in [0.2, 0.25) is 0 Å². The van der Waals surface area contributed by atoms with Gasteiger partial charge in [0.15, 0.2) is 0 Å². The van der Waals surface area contributed by atoms with Crippen molar-refractivity contribution >= 4 is 31.9 Å². The minimum absolute atomic E-state index is 0.453. The molecular formula is C22H27Br2NO2. The van der Waals surface area contributed by atoms with Gasteiger partial charge in [-0.1, -0.05) is 74.3 Å². The van der Waals surface area contributed by atoms with Gasteiger partial charge >= 0.3 is 0 Å². The van der Waals surface area contributed by atoms with Crippen LogP contribution in [0.1, 0.15) is 23.5 Å². The first-order chi connectivity index (χ1) is 13.1. The summed E-state index contributed by atoms with van der Waals surface area (Å²) < 4.78 is 11.6. The van der Waals surface area contributed by atoms with Crippen molar-refractivity contribution in [3.8, 4) is 5.75 Å². The average molecular weight is 497 g/mol. The van der Waals surface area contributed by atoms with Gasteiger partial charge in [-0.15, -0.1) is 0 Å². The van der Waals surface area contributed by atoms with Crippen LogP contribution >= 0.6 is 31.9 Å². The first-order valence-electron chi connectivity index (χ1n) is 9.44. The van der Waals surface area contributed by atoms with Crippen molar-refractivity contribution in [2.24, 2.45) is 0 Å². The molecule has 0 spiro atoms. The zero-order chi connectivity index (χ0) is 19.1. The molecule has 1 heterocycles. The Morgan fingerprint density at radius 1 is 0.926 bits per heavy atom. The van der Waals surface area contributed by atoms with Crippen LogP contribution in [0.3, 0.4) is 0 Å². The molecule has 2 aromatic rings. The van der Waals surface area contributed by atoms with Gasteiger partial charge in [0.1, 0.15) is 5.75 Å². The summed E-state index contributed by atoms with van der Waals surface area (Å²) in [5.74, 6) is 1.40. The summed E-state index contributed by atoms with van der Waals surface area (Å²) in [4.78, 5) is 3.26. The Morgan fingerprint density at radius 3 is 2.26 bits per heavy atom. The Bertz CT molecular complexity index is 668. The summed E-state index contributed by atoms with van der Waals surface area (Å²) in [5.41, 5.74) is 2.56. The molecule has 3 rings (SSSR count). The van der Waals surface area contributed by atoms with Crippen molar-refractivity contribution in [1.29, 1.82) is 0 Å². The van der Waals surface area contributed by atoms with Crippen LogP contribution in [0.25, 0.3) is 0 Å². The van der Waals surface area contributed by atoms with E-state index in [1.807, 2.05) is 18.2 Å². The predicted molar refractivity (Wildman–Crippen MR) is 118 cm³/mol. The molecule has 0 bridgehead atoms. The molecule has 3 nitrogen and oxygen atoms in total. The van der Waals surface area contributed by atoms with Crippen molar-refractivity contribution in [3.63, 3.8) is 0 Å². The van der Waals surface area contributed by atoms with Crippen LogP contribution < -0.4 is 4.74 Å². The van der Waals surface area contributed by atoms with E-state index < -0.39 is 0 Å². The van der Waals surface area contributed by atoms with Crippen molar-refractivity contribution in [3.05, 3.63) is 65.7 Å². The fourth-order valence-electron chi connectivity index (χ4n) is 3.44. The van der Waals surface area contributed by atoms with Gasteiger partial charge in [0.05, 0.1) is 19.8 Å². The highest BCUT2D eigenvalue weighted by Crippen LogP contribution is 2.37. The Kier molecular flexibility index (Phi) is 8.19. The number of halogens is 2. The number of hydrogen-bond donors (Lipinski definition) is 0. The third-order valence-electron chi connectivity index (χ3n) is 4.83. The molecule has 146 valence electrons. The molecule has 0 radical (unpaired) electrons. The molecule has 0 N–H and O–H groups in total. The molecule has 1 aliphatic rings. The number of likely N-dealkylation sites (tertiary alicyclic amines) is 1. The summed E-state index contributed by atoms with van der Waals surface area (Å²) in [6, 6.07) is 18.8. The molecule has 1 saturated heterocycles. The number of ether oxygens (including phenoxy) is 2. The summed E-state index contributed by atoms with van der Waals surface area (Å²) in [5, 5.41) is 0. The lowest BCUT2D eigenvalue weighted by molar-refractivity contribution is 0.107. The Morgan fingerprint density at radius 2 is 1.59 bits per heavy atom. The van der Waals surface area contributed by atoms with Gasteiger partial charge in [-0.05, 0) is 30.3 Å². The van der Waals surface area contributed by atoms with Crippen molar-refractivity contribution in [1.82, 2.24) is 4.90 Å². The minimum atomic E-state index is 0.453. The lowest BCUT2D eigenvalue weighted by Gasteiger charge is -2.38. The number of nitrogens with zero attached hydrogens (tertiary/aromatic N) is 1. The molecule has 0 saturated carbocycles. The van der Waals surface area contributed by atoms with E-state index in [0.717, 1.165) is 25.3 Å². The number of piperidine rings is 1. The van der Waals surface area contributed by atoms with Gasteiger partial charge in [0.25, 0.3) is 0 Å². The van der Waals surface area contributed by atoms with Crippen molar-refractivity contribution in [2.75, 3.05) is 33.4 Å². The van der Waals surface area contributed by atoms with E-state index in [1.165, 1.54) is 11.1 Å². The first-order valence-corrected chi connectivity index (χ1v) is 11.3. The lowest BCUT2D eigenvalue weighted by atomic mass is 9.89. The highest BCUT2D eigenvalue weighted by Gasteiger charge is 2.33. The lowest BCUT2D eigenvalue weighted by Crippen LogP contribution is -2.44. The zero-order valence-electron chi connectivity index (χ0n) is 15.7. The second kappa shape index (κ2) is 10.6. The molecule has 0 aliphatic carbocycles. The number of rotatable bonds is 8. The molecule has 3 atom stereocenters. The molecular weight excluding hydrogens is 470 g/mol. The standard InChI is InChI=1S/C22H27Br2NO2/c1-25-14-20(23)22(21(24)15-25)18-8-10-19(11-9-18)27-13-5-12-26-16-17-6-3-2-4-7-17/h2-4,6-11,20-22H,5,12-16H2,1H3/t20-,21+,22-. The van der Waals surface area contributed by atoms with Crippen LogP contribution in [0.4, 0.5) is 0 Å². The third-order valence-corrected chi connectivity index (χ3v) is 6.55. The fourth-order valence-corrected chi connectivity index (χ4v) is 6.19. The van der Waals surface area contributed by atoms with Crippen LogP contribution in [0.2, 0.25) is 0 Å². The maximum atomic E-state index is 5.86. The summed E-state index contributed by atoms with van der Waals surface area (Å²) in [6.45, 7) is 4.17.